The summed E-state index contributed by atoms with van der Waals surface area (Å²) in [5.41, 5.74) is 0.693. The molecule has 0 bridgehead atoms. The number of carbonyl (C=O) groups excluding carboxylic acids is 3. The number of hydrogen-bond donors (Lipinski definition) is 1. The summed E-state index contributed by atoms with van der Waals surface area (Å²) in [5, 5.41) is 2.26. The van der Waals surface area contributed by atoms with E-state index in [0.717, 1.165) is 0 Å². The van der Waals surface area contributed by atoms with Crippen molar-refractivity contribution in [2.24, 2.45) is 0 Å². The molecular formula is C19H27NO5. The zero-order valence-electron chi connectivity index (χ0n) is 15.3. The molecule has 0 aliphatic rings. The van der Waals surface area contributed by atoms with Crippen LogP contribution >= 0.6 is 0 Å². The minimum Gasteiger partial charge on any atom is -0.461 e. The minimum absolute atomic E-state index is 0.0611. The van der Waals surface area contributed by atoms with Gasteiger partial charge < -0.3 is 14.8 Å². The molecule has 0 fully saturated rings. The monoisotopic (exact) mass is 349 g/mol. The van der Waals surface area contributed by atoms with Gasteiger partial charge in [-0.15, -0.1) is 0 Å². The highest BCUT2D eigenvalue weighted by Gasteiger charge is 2.17. The fourth-order valence-electron chi connectivity index (χ4n) is 1.45. The van der Waals surface area contributed by atoms with Crippen molar-refractivity contribution >= 4 is 17.8 Å². The first kappa shape index (κ1) is 22.4. The van der Waals surface area contributed by atoms with Gasteiger partial charge in [-0.2, -0.15) is 0 Å². The minimum atomic E-state index is -0.699. The van der Waals surface area contributed by atoms with Gasteiger partial charge in [0.1, 0.15) is 18.6 Å². The molecule has 1 N–H and O–H groups in total. The van der Waals surface area contributed by atoms with Gasteiger partial charge in [-0.25, -0.2) is 4.79 Å². The number of benzene rings is 1. The van der Waals surface area contributed by atoms with E-state index in [1.807, 2.05) is 18.2 Å². The van der Waals surface area contributed by atoms with Crippen LogP contribution in [0, 0.1) is 6.92 Å². The first-order valence-corrected chi connectivity index (χ1v) is 7.90. The number of amides is 1. The van der Waals surface area contributed by atoms with Gasteiger partial charge in [0.25, 0.3) is 0 Å². The molecule has 1 aromatic carbocycles. The van der Waals surface area contributed by atoms with Crippen LogP contribution < -0.4 is 5.32 Å². The second-order valence-electron chi connectivity index (χ2n) is 6.20. The SMILES string of the molecule is C=CCOC(=O)CC(=O)CNC(=O)OC(C)(C)C.Cc1ccccc1. The van der Waals surface area contributed by atoms with Gasteiger partial charge in [0.2, 0.25) is 0 Å². The quantitative estimate of drug-likeness (QED) is 0.484. The molecule has 0 aromatic heterocycles. The Morgan fingerprint density at radius 2 is 1.76 bits per heavy atom. The van der Waals surface area contributed by atoms with Crippen LogP contribution in [0.1, 0.15) is 32.8 Å². The number of alkyl carbamates (subject to hydrolysis) is 1. The number of nitrogens with one attached hydrogen (secondary N) is 1. The van der Waals surface area contributed by atoms with Crippen molar-refractivity contribution in [3.63, 3.8) is 0 Å². The van der Waals surface area contributed by atoms with Crippen molar-refractivity contribution in [1.29, 1.82) is 0 Å². The van der Waals surface area contributed by atoms with Crippen molar-refractivity contribution in [1.82, 2.24) is 5.32 Å². The third kappa shape index (κ3) is 14.7. The van der Waals surface area contributed by atoms with Crippen LogP contribution in [0.2, 0.25) is 0 Å². The summed E-state index contributed by atoms with van der Waals surface area (Å²) in [6.07, 6.45) is 0.320. The van der Waals surface area contributed by atoms with Crippen molar-refractivity contribution in [2.45, 2.75) is 39.7 Å². The first-order valence-electron chi connectivity index (χ1n) is 7.90. The lowest BCUT2D eigenvalue weighted by molar-refractivity contribution is -0.144. The van der Waals surface area contributed by atoms with Crippen LogP contribution in [0.15, 0.2) is 43.0 Å². The predicted octanol–water partition coefficient (Wildman–Crippen LogP) is 3.19. The predicted molar refractivity (Wildman–Crippen MR) is 96.2 cm³/mol. The molecule has 0 radical (unpaired) electrons. The van der Waals surface area contributed by atoms with E-state index in [0.29, 0.717) is 0 Å². The van der Waals surface area contributed by atoms with Gasteiger partial charge in [0.05, 0.1) is 6.54 Å². The molecule has 138 valence electrons. The van der Waals surface area contributed by atoms with Crippen molar-refractivity contribution in [3.05, 3.63) is 48.6 Å². The molecule has 0 saturated carbocycles. The maximum atomic E-state index is 11.3. The zero-order chi connectivity index (χ0) is 19.3. The normalized spacial score (nSPS) is 9.92. The van der Waals surface area contributed by atoms with E-state index in [1.54, 1.807) is 20.8 Å². The maximum absolute atomic E-state index is 11.3. The molecule has 1 rings (SSSR count). The molecule has 0 aliphatic carbocycles. The maximum Gasteiger partial charge on any atom is 0.408 e. The highest BCUT2D eigenvalue weighted by molar-refractivity contribution is 5.97. The van der Waals surface area contributed by atoms with Crippen LogP contribution in [0.4, 0.5) is 4.79 Å². The Bertz CT molecular complexity index is 561. The third-order valence-corrected chi connectivity index (χ3v) is 2.47. The molecule has 0 unspecified atom stereocenters. The Morgan fingerprint density at radius 3 is 2.20 bits per heavy atom. The summed E-state index contributed by atoms with van der Waals surface area (Å²) in [6.45, 7) is 10.4. The highest BCUT2D eigenvalue weighted by atomic mass is 16.6. The number of ketones is 1. The van der Waals surface area contributed by atoms with Crippen LogP contribution in [0.25, 0.3) is 0 Å². The number of aryl methyl sites for hydroxylation is 1. The Hall–Kier alpha value is -2.63. The molecule has 6 heteroatoms. The van der Waals surface area contributed by atoms with Crippen LogP contribution in [-0.4, -0.2) is 36.6 Å². The fraction of sp³-hybridized carbons (Fsp3) is 0.421. The van der Waals surface area contributed by atoms with E-state index in [4.69, 9.17) is 4.74 Å². The van der Waals surface area contributed by atoms with E-state index >= 15 is 0 Å². The van der Waals surface area contributed by atoms with Crippen LogP contribution in [-0.2, 0) is 19.1 Å². The van der Waals surface area contributed by atoms with E-state index < -0.39 is 23.4 Å². The molecule has 1 amide bonds. The number of esters is 1. The van der Waals surface area contributed by atoms with E-state index in [2.05, 4.69) is 35.7 Å². The summed E-state index contributed by atoms with van der Waals surface area (Å²) in [6, 6.07) is 10.3. The Morgan fingerprint density at radius 1 is 1.16 bits per heavy atom. The molecule has 6 nitrogen and oxygen atoms in total. The Balaban J connectivity index is 0.000000676. The smallest absolute Gasteiger partial charge is 0.408 e. The summed E-state index contributed by atoms with van der Waals surface area (Å²) in [4.78, 5) is 33.5. The van der Waals surface area contributed by atoms with E-state index in [1.165, 1.54) is 11.6 Å². The van der Waals surface area contributed by atoms with Gasteiger partial charge >= 0.3 is 12.1 Å². The molecule has 1 aromatic rings. The molecule has 0 saturated heterocycles. The fourth-order valence-corrected chi connectivity index (χ4v) is 1.45. The van der Waals surface area contributed by atoms with Gasteiger partial charge in [0.15, 0.2) is 5.78 Å². The Labute approximate surface area is 149 Å². The number of ether oxygens (including phenoxy) is 2. The second-order valence-corrected chi connectivity index (χ2v) is 6.20. The zero-order valence-corrected chi connectivity index (χ0v) is 15.3. The van der Waals surface area contributed by atoms with Crippen LogP contribution in [0.3, 0.4) is 0 Å². The molecule has 25 heavy (non-hydrogen) atoms. The molecular weight excluding hydrogens is 322 g/mol. The number of Topliss-reactive ketones (excluding diaryl/α,β-unsaturated/α-hetero) is 1. The third-order valence-electron chi connectivity index (χ3n) is 2.47. The van der Waals surface area contributed by atoms with Gasteiger partial charge in [0, 0.05) is 0 Å². The highest BCUT2D eigenvalue weighted by Crippen LogP contribution is 2.06. The second kappa shape index (κ2) is 11.8. The van der Waals surface area contributed by atoms with E-state index in [-0.39, 0.29) is 19.6 Å². The van der Waals surface area contributed by atoms with Gasteiger partial charge in [-0.3, -0.25) is 9.59 Å². The lowest BCUT2D eigenvalue weighted by Gasteiger charge is -2.19. The van der Waals surface area contributed by atoms with Crippen molar-refractivity contribution in [2.75, 3.05) is 13.2 Å². The number of rotatable bonds is 6. The van der Waals surface area contributed by atoms with Crippen molar-refractivity contribution in [3.8, 4) is 0 Å². The summed E-state index contributed by atoms with van der Waals surface area (Å²) < 4.78 is 9.55. The number of hydrogen-bond acceptors (Lipinski definition) is 5. The average molecular weight is 349 g/mol. The van der Waals surface area contributed by atoms with E-state index in [9.17, 15) is 14.4 Å². The lowest BCUT2D eigenvalue weighted by Crippen LogP contribution is -2.36. The molecule has 0 aliphatic heterocycles. The molecule has 0 heterocycles. The summed E-state index contributed by atoms with van der Waals surface area (Å²) >= 11 is 0. The number of carbonyl (C=O) groups is 3. The first-order chi connectivity index (χ1) is 11.6. The lowest BCUT2D eigenvalue weighted by atomic mass is 10.2. The Kier molecular flexibility index (Phi) is 10.6. The molecule has 0 atom stereocenters. The average Bonchev–Trinajstić information content (AvgIpc) is 2.51. The van der Waals surface area contributed by atoms with Crippen molar-refractivity contribution < 1.29 is 23.9 Å². The molecule has 0 spiro atoms. The van der Waals surface area contributed by atoms with Crippen LogP contribution in [0.5, 0.6) is 0 Å². The summed E-state index contributed by atoms with van der Waals surface area (Å²) in [7, 11) is 0. The summed E-state index contributed by atoms with van der Waals surface area (Å²) in [5.74, 6) is -1.10. The standard InChI is InChI=1S/C12H19NO5.C7H8/c1-5-6-17-10(15)7-9(14)8-13-11(16)18-12(2,3)4;1-7-5-3-2-4-6-7/h5H,1,6-8H2,2-4H3,(H,13,16);2-6H,1H3. The largest absolute Gasteiger partial charge is 0.461 e. The van der Waals surface area contributed by atoms with Gasteiger partial charge in [-0.05, 0) is 27.7 Å². The topological polar surface area (TPSA) is 81.7 Å². The van der Waals surface area contributed by atoms with Gasteiger partial charge in [-0.1, -0.05) is 48.6 Å².